The third-order valence-electron chi connectivity index (χ3n) is 4.79. The lowest BCUT2D eigenvalue weighted by Gasteiger charge is -2.38. The van der Waals surface area contributed by atoms with Crippen molar-refractivity contribution in [2.24, 2.45) is 11.7 Å². The Morgan fingerprint density at radius 1 is 1.36 bits per heavy atom. The van der Waals surface area contributed by atoms with E-state index in [1.165, 1.54) is 5.56 Å². The summed E-state index contributed by atoms with van der Waals surface area (Å²) in [4.78, 5) is 14.6. The number of nitrogens with zero attached hydrogens (tertiary/aromatic N) is 1. The van der Waals surface area contributed by atoms with Crippen LogP contribution in [0.2, 0.25) is 0 Å². The first-order valence-corrected chi connectivity index (χ1v) is 8.31. The van der Waals surface area contributed by atoms with Crippen LogP contribution in [0.1, 0.15) is 39.2 Å². The minimum absolute atomic E-state index is 0.0868. The van der Waals surface area contributed by atoms with Gasteiger partial charge in [0, 0.05) is 37.1 Å². The molecular formula is C18H29N3O. The standard InChI is InChI=1S/C18H29N3O/c1-13-11-17(20-18(22)14(2)15(3)19)9-10-21(13)12-16-7-5-4-6-8-16/h4-8,13-15,17H,9-12,19H2,1-3H3,(H,20,22). The summed E-state index contributed by atoms with van der Waals surface area (Å²) in [6.07, 6.45) is 2.01. The Kier molecular flexibility index (Phi) is 5.98. The molecule has 22 heavy (non-hydrogen) atoms. The van der Waals surface area contributed by atoms with Gasteiger partial charge in [-0.05, 0) is 32.3 Å². The van der Waals surface area contributed by atoms with Gasteiger partial charge in [0.25, 0.3) is 0 Å². The number of benzene rings is 1. The zero-order valence-electron chi connectivity index (χ0n) is 14.0. The Balaban J connectivity index is 1.83. The van der Waals surface area contributed by atoms with Gasteiger partial charge in [0.2, 0.25) is 5.91 Å². The predicted octanol–water partition coefficient (Wildman–Crippen LogP) is 2.14. The number of hydrogen-bond donors (Lipinski definition) is 2. The number of nitrogens with two attached hydrogens (primary N) is 1. The molecule has 1 heterocycles. The Bertz CT molecular complexity index is 474. The highest BCUT2D eigenvalue weighted by molar-refractivity contribution is 5.79. The monoisotopic (exact) mass is 303 g/mol. The van der Waals surface area contributed by atoms with Crippen LogP contribution in [0.5, 0.6) is 0 Å². The molecule has 1 amide bonds. The Morgan fingerprint density at radius 3 is 2.64 bits per heavy atom. The van der Waals surface area contributed by atoms with Crippen LogP contribution in [-0.2, 0) is 11.3 Å². The minimum atomic E-state index is -0.127. The van der Waals surface area contributed by atoms with E-state index in [-0.39, 0.29) is 23.9 Å². The van der Waals surface area contributed by atoms with Gasteiger partial charge in [0.05, 0.1) is 0 Å². The Morgan fingerprint density at radius 2 is 2.05 bits per heavy atom. The molecule has 0 aliphatic carbocycles. The van der Waals surface area contributed by atoms with Crippen LogP contribution >= 0.6 is 0 Å². The van der Waals surface area contributed by atoms with Crippen molar-refractivity contribution in [1.29, 1.82) is 0 Å². The maximum absolute atomic E-state index is 12.1. The maximum Gasteiger partial charge on any atom is 0.224 e. The maximum atomic E-state index is 12.1. The van der Waals surface area contributed by atoms with Crippen molar-refractivity contribution in [3.63, 3.8) is 0 Å². The van der Waals surface area contributed by atoms with E-state index < -0.39 is 0 Å². The Hall–Kier alpha value is -1.39. The molecule has 1 fully saturated rings. The normalized spacial score (nSPS) is 25.5. The fraction of sp³-hybridized carbons (Fsp3) is 0.611. The number of nitrogens with one attached hydrogen (secondary N) is 1. The van der Waals surface area contributed by atoms with Crippen molar-refractivity contribution in [2.75, 3.05) is 6.54 Å². The number of carbonyl (C=O) groups excluding carboxylic acids is 1. The molecule has 2 rings (SSSR count). The zero-order valence-corrected chi connectivity index (χ0v) is 14.0. The van der Waals surface area contributed by atoms with Gasteiger partial charge in [-0.3, -0.25) is 9.69 Å². The topological polar surface area (TPSA) is 58.4 Å². The molecule has 4 nitrogen and oxygen atoms in total. The Labute approximate surface area is 134 Å². The van der Waals surface area contributed by atoms with E-state index in [0.717, 1.165) is 25.9 Å². The number of hydrogen-bond acceptors (Lipinski definition) is 3. The van der Waals surface area contributed by atoms with Crippen molar-refractivity contribution >= 4 is 5.91 Å². The van der Waals surface area contributed by atoms with Crippen LogP contribution in [0.3, 0.4) is 0 Å². The van der Waals surface area contributed by atoms with E-state index >= 15 is 0 Å². The van der Waals surface area contributed by atoms with Gasteiger partial charge < -0.3 is 11.1 Å². The minimum Gasteiger partial charge on any atom is -0.353 e. The van der Waals surface area contributed by atoms with Crippen molar-refractivity contribution in [3.8, 4) is 0 Å². The number of piperidine rings is 1. The molecule has 0 saturated carbocycles. The molecule has 0 spiro atoms. The summed E-state index contributed by atoms with van der Waals surface area (Å²) >= 11 is 0. The average Bonchev–Trinajstić information content (AvgIpc) is 2.50. The third-order valence-corrected chi connectivity index (χ3v) is 4.79. The first kappa shape index (κ1) is 17.0. The molecule has 3 N–H and O–H groups in total. The summed E-state index contributed by atoms with van der Waals surface area (Å²) in [5, 5.41) is 3.17. The second-order valence-electron chi connectivity index (χ2n) is 6.68. The number of likely N-dealkylation sites (tertiary alicyclic amines) is 1. The zero-order chi connectivity index (χ0) is 16.1. The van der Waals surface area contributed by atoms with E-state index in [1.54, 1.807) is 0 Å². The van der Waals surface area contributed by atoms with Gasteiger partial charge in [-0.25, -0.2) is 0 Å². The highest BCUT2D eigenvalue weighted by Crippen LogP contribution is 2.20. The van der Waals surface area contributed by atoms with Gasteiger partial charge in [-0.15, -0.1) is 0 Å². The molecule has 122 valence electrons. The van der Waals surface area contributed by atoms with E-state index in [0.29, 0.717) is 6.04 Å². The molecule has 1 aromatic rings. The van der Waals surface area contributed by atoms with Crippen LogP contribution in [0, 0.1) is 5.92 Å². The van der Waals surface area contributed by atoms with Gasteiger partial charge in [0.15, 0.2) is 0 Å². The summed E-state index contributed by atoms with van der Waals surface area (Å²) in [7, 11) is 0. The summed E-state index contributed by atoms with van der Waals surface area (Å²) in [5.74, 6) is -0.0404. The molecule has 0 radical (unpaired) electrons. The average molecular weight is 303 g/mol. The number of carbonyl (C=O) groups is 1. The van der Waals surface area contributed by atoms with E-state index in [1.807, 2.05) is 19.9 Å². The van der Waals surface area contributed by atoms with Crippen LogP contribution in [0.25, 0.3) is 0 Å². The van der Waals surface area contributed by atoms with Gasteiger partial charge in [-0.2, -0.15) is 0 Å². The molecule has 1 aliphatic heterocycles. The lowest BCUT2D eigenvalue weighted by molar-refractivity contribution is -0.126. The molecule has 0 bridgehead atoms. The summed E-state index contributed by atoms with van der Waals surface area (Å²) in [5.41, 5.74) is 7.16. The summed E-state index contributed by atoms with van der Waals surface area (Å²) < 4.78 is 0. The van der Waals surface area contributed by atoms with Crippen LogP contribution in [0.4, 0.5) is 0 Å². The number of rotatable bonds is 5. The second kappa shape index (κ2) is 7.75. The largest absolute Gasteiger partial charge is 0.353 e. The molecular weight excluding hydrogens is 274 g/mol. The van der Waals surface area contributed by atoms with E-state index in [4.69, 9.17) is 5.73 Å². The van der Waals surface area contributed by atoms with Crippen molar-refractivity contribution in [1.82, 2.24) is 10.2 Å². The van der Waals surface area contributed by atoms with Crippen LogP contribution in [-0.4, -0.2) is 35.5 Å². The third kappa shape index (κ3) is 4.55. The summed E-state index contributed by atoms with van der Waals surface area (Å²) in [6.45, 7) is 8.03. The SMILES string of the molecule is CC(N)C(C)C(=O)NC1CCN(Cc2ccccc2)C(C)C1. The first-order chi connectivity index (χ1) is 10.5. The van der Waals surface area contributed by atoms with Crippen molar-refractivity contribution in [2.45, 2.75) is 58.3 Å². The number of amides is 1. The fourth-order valence-electron chi connectivity index (χ4n) is 2.98. The molecule has 1 aliphatic rings. The van der Waals surface area contributed by atoms with Crippen LogP contribution < -0.4 is 11.1 Å². The van der Waals surface area contributed by atoms with Gasteiger partial charge in [-0.1, -0.05) is 37.3 Å². The molecule has 0 aromatic heterocycles. The fourth-order valence-corrected chi connectivity index (χ4v) is 2.98. The smallest absolute Gasteiger partial charge is 0.224 e. The first-order valence-electron chi connectivity index (χ1n) is 8.31. The molecule has 4 unspecified atom stereocenters. The van der Waals surface area contributed by atoms with E-state index in [2.05, 4.69) is 41.4 Å². The van der Waals surface area contributed by atoms with Crippen molar-refractivity contribution in [3.05, 3.63) is 35.9 Å². The van der Waals surface area contributed by atoms with E-state index in [9.17, 15) is 4.79 Å². The molecule has 4 atom stereocenters. The molecule has 1 aromatic carbocycles. The lowest BCUT2D eigenvalue weighted by Crippen LogP contribution is -2.50. The van der Waals surface area contributed by atoms with Gasteiger partial charge in [0.1, 0.15) is 0 Å². The predicted molar refractivity (Wildman–Crippen MR) is 90.3 cm³/mol. The van der Waals surface area contributed by atoms with Crippen molar-refractivity contribution < 1.29 is 4.79 Å². The lowest BCUT2D eigenvalue weighted by atomic mass is 9.96. The molecule has 1 saturated heterocycles. The quantitative estimate of drug-likeness (QED) is 0.876. The van der Waals surface area contributed by atoms with Crippen LogP contribution in [0.15, 0.2) is 30.3 Å². The highest BCUT2D eigenvalue weighted by Gasteiger charge is 2.28. The van der Waals surface area contributed by atoms with Gasteiger partial charge >= 0.3 is 0 Å². The summed E-state index contributed by atoms with van der Waals surface area (Å²) in [6, 6.07) is 11.2. The highest BCUT2D eigenvalue weighted by atomic mass is 16.2. The second-order valence-corrected chi connectivity index (χ2v) is 6.68. The molecule has 4 heteroatoms.